The molecule has 1 N–H and O–H groups in total. The van der Waals surface area contributed by atoms with Crippen LogP contribution < -0.4 is 10.2 Å². The molecule has 2 aromatic rings. The Morgan fingerprint density at radius 1 is 1.00 bits per heavy atom. The molecule has 162 valence electrons. The van der Waals surface area contributed by atoms with Crippen molar-refractivity contribution in [2.75, 3.05) is 18.0 Å². The van der Waals surface area contributed by atoms with Crippen molar-refractivity contribution in [1.29, 1.82) is 0 Å². The molecule has 0 radical (unpaired) electrons. The van der Waals surface area contributed by atoms with Gasteiger partial charge in [0.2, 0.25) is 5.91 Å². The number of hydrogen-bond donors (Lipinski definition) is 1. The maximum Gasteiger partial charge on any atom is 0.251 e. The first-order valence-electron chi connectivity index (χ1n) is 9.95. The van der Waals surface area contributed by atoms with Gasteiger partial charge in [-0.1, -0.05) is 23.2 Å². The Kier molecular flexibility index (Phi) is 6.27. The van der Waals surface area contributed by atoms with Gasteiger partial charge in [-0.3, -0.25) is 19.3 Å². The van der Waals surface area contributed by atoms with Crippen molar-refractivity contribution in [1.82, 2.24) is 10.2 Å². The van der Waals surface area contributed by atoms with Gasteiger partial charge in [-0.2, -0.15) is 0 Å². The smallest absolute Gasteiger partial charge is 0.251 e. The molecule has 2 fully saturated rings. The van der Waals surface area contributed by atoms with Gasteiger partial charge in [0.1, 0.15) is 5.82 Å². The van der Waals surface area contributed by atoms with Crippen LogP contribution in [0.25, 0.3) is 0 Å². The van der Waals surface area contributed by atoms with Crippen molar-refractivity contribution in [3.05, 3.63) is 63.9 Å². The van der Waals surface area contributed by atoms with Gasteiger partial charge in [-0.25, -0.2) is 9.29 Å². The van der Waals surface area contributed by atoms with Crippen molar-refractivity contribution in [2.45, 2.75) is 31.3 Å². The summed E-state index contributed by atoms with van der Waals surface area (Å²) in [6.45, 7) is 1.14. The van der Waals surface area contributed by atoms with Crippen LogP contribution in [0.15, 0.2) is 42.5 Å². The van der Waals surface area contributed by atoms with Crippen LogP contribution in [0.5, 0.6) is 0 Å². The highest BCUT2D eigenvalue weighted by Gasteiger charge is 2.43. The monoisotopic (exact) mass is 463 g/mol. The molecule has 0 aromatic heterocycles. The topological polar surface area (TPSA) is 69.7 Å². The van der Waals surface area contributed by atoms with Crippen molar-refractivity contribution < 1.29 is 18.8 Å². The zero-order chi connectivity index (χ0) is 22.1. The largest absolute Gasteiger partial charge is 0.349 e. The zero-order valence-electron chi connectivity index (χ0n) is 16.5. The number of hydrogen-bond acceptors (Lipinski definition) is 4. The SMILES string of the molecule is O=C(NC1CCN([C@H]2CC(=O)N(c3cc(Cl)cc(Cl)c3)C2=O)CC1)c1ccc(F)cc1. The minimum Gasteiger partial charge on any atom is -0.349 e. The number of piperidine rings is 1. The molecule has 2 saturated heterocycles. The van der Waals surface area contributed by atoms with E-state index in [2.05, 4.69) is 5.32 Å². The normalized spacial score (nSPS) is 20.4. The summed E-state index contributed by atoms with van der Waals surface area (Å²) >= 11 is 12.0. The number of carbonyl (C=O) groups is 3. The molecule has 0 unspecified atom stereocenters. The maximum absolute atomic E-state index is 13.0. The second-order valence-corrected chi connectivity index (χ2v) is 8.58. The summed E-state index contributed by atoms with van der Waals surface area (Å²) in [7, 11) is 0. The summed E-state index contributed by atoms with van der Waals surface area (Å²) in [6, 6.07) is 9.42. The van der Waals surface area contributed by atoms with E-state index >= 15 is 0 Å². The second kappa shape index (κ2) is 8.94. The molecule has 1 atom stereocenters. The minimum atomic E-state index is -0.543. The molecular formula is C22H20Cl2FN3O3. The predicted octanol–water partition coefficient (Wildman–Crippen LogP) is 3.66. The number of benzene rings is 2. The molecule has 31 heavy (non-hydrogen) atoms. The number of nitrogens with one attached hydrogen (secondary N) is 1. The highest BCUT2D eigenvalue weighted by Crippen LogP contribution is 2.31. The Labute approximate surface area is 188 Å². The minimum absolute atomic E-state index is 0.0520. The summed E-state index contributed by atoms with van der Waals surface area (Å²) < 4.78 is 13.0. The second-order valence-electron chi connectivity index (χ2n) is 7.71. The fourth-order valence-corrected chi connectivity index (χ4v) is 4.58. The number of carbonyl (C=O) groups excluding carboxylic acids is 3. The van der Waals surface area contributed by atoms with Crippen LogP contribution >= 0.6 is 23.2 Å². The molecule has 9 heteroatoms. The van der Waals surface area contributed by atoms with Crippen molar-refractivity contribution >= 4 is 46.6 Å². The van der Waals surface area contributed by atoms with Gasteiger partial charge in [-0.05, 0) is 55.3 Å². The molecule has 0 bridgehead atoms. The average molecular weight is 464 g/mol. The lowest BCUT2D eigenvalue weighted by molar-refractivity contribution is -0.123. The summed E-state index contributed by atoms with van der Waals surface area (Å²) in [5.41, 5.74) is 0.771. The van der Waals surface area contributed by atoms with Gasteiger partial charge in [0.05, 0.1) is 18.2 Å². The standard InChI is InChI=1S/C22H20Cl2FN3O3/c23-14-9-15(24)11-18(10-14)28-20(29)12-19(22(28)31)27-7-5-17(6-8-27)26-21(30)13-1-3-16(25)4-2-13/h1-4,9-11,17,19H,5-8,12H2,(H,26,30)/t19-/m0/s1. The van der Waals surface area contributed by atoms with E-state index < -0.39 is 11.9 Å². The Hall–Kier alpha value is -2.48. The molecule has 2 aliphatic heterocycles. The first-order chi connectivity index (χ1) is 14.8. The van der Waals surface area contributed by atoms with Crippen molar-refractivity contribution in [2.24, 2.45) is 0 Å². The molecule has 3 amide bonds. The van der Waals surface area contributed by atoms with Gasteiger partial charge in [0.25, 0.3) is 11.8 Å². The quantitative estimate of drug-likeness (QED) is 0.702. The number of rotatable bonds is 4. The van der Waals surface area contributed by atoms with Gasteiger partial charge in [0.15, 0.2) is 0 Å². The molecule has 4 rings (SSSR count). The summed E-state index contributed by atoms with van der Waals surface area (Å²) in [4.78, 5) is 41.0. The first-order valence-corrected chi connectivity index (χ1v) is 10.7. The lowest BCUT2D eigenvalue weighted by Gasteiger charge is -2.35. The number of nitrogens with zero attached hydrogens (tertiary/aromatic N) is 2. The molecule has 0 spiro atoms. The zero-order valence-corrected chi connectivity index (χ0v) is 18.0. The summed E-state index contributed by atoms with van der Waals surface area (Å²) in [5.74, 6) is -1.23. The average Bonchev–Trinajstić information content (AvgIpc) is 3.02. The first kappa shape index (κ1) is 21.7. The molecular weight excluding hydrogens is 444 g/mol. The van der Waals surface area contributed by atoms with Crippen molar-refractivity contribution in [3.8, 4) is 0 Å². The lowest BCUT2D eigenvalue weighted by Crippen LogP contribution is -2.50. The van der Waals surface area contributed by atoms with E-state index in [0.29, 0.717) is 47.2 Å². The van der Waals surface area contributed by atoms with Crippen molar-refractivity contribution in [3.63, 3.8) is 0 Å². The maximum atomic E-state index is 13.0. The van der Waals surface area contributed by atoms with E-state index in [1.165, 1.54) is 24.3 Å². The van der Waals surface area contributed by atoms with E-state index in [1.807, 2.05) is 4.90 Å². The Bertz CT molecular complexity index is 1000. The van der Waals surface area contributed by atoms with E-state index in [1.54, 1.807) is 18.2 Å². The third kappa shape index (κ3) is 4.74. The van der Waals surface area contributed by atoms with Crippen LogP contribution in [0, 0.1) is 5.82 Å². The van der Waals surface area contributed by atoms with Crippen LogP contribution in [0.1, 0.15) is 29.6 Å². The van der Waals surface area contributed by atoms with Crippen LogP contribution in [-0.4, -0.2) is 47.8 Å². The van der Waals surface area contributed by atoms with E-state index in [0.717, 1.165) is 4.90 Å². The van der Waals surface area contributed by atoms with Gasteiger partial charge >= 0.3 is 0 Å². The van der Waals surface area contributed by atoms with E-state index in [4.69, 9.17) is 23.2 Å². The summed E-state index contributed by atoms with van der Waals surface area (Å²) in [5, 5.41) is 3.66. The molecule has 0 aliphatic carbocycles. The van der Waals surface area contributed by atoms with E-state index in [9.17, 15) is 18.8 Å². The van der Waals surface area contributed by atoms with Crippen LogP contribution in [0.4, 0.5) is 10.1 Å². The molecule has 2 aliphatic rings. The summed E-state index contributed by atoms with van der Waals surface area (Å²) in [6.07, 6.45) is 1.39. The highest BCUT2D eigenvalue weighted by atomic mass is 35.5. The molecule has 2 heterocycles. The third-order valence-electron chi connectivity index (χ3n) is 5.64. The fourth-order valence-electron chi connectivity index (χ4n) is 4.07. The lowest BCUT2D eigenvalue weighted by atomic mass is 10.0. The molecule has 2 aromatic carbocycles. The number of halogens is 3. The van der Waals surface area contributed by atoms with Gasteiger partial charge < -0.3 is 5.32 Å². The van der Waals surface area contributed by atoms with Crippen LogP contribution in [0.3, 0.4) is 0 Å². The Morgan fingerprint density at radius 3 is 2.23 bits per heavy atom. The van der Waals surface area contributed by atoms with Gasteiger partial charge in [-0.15, -0.1) is 0 Å². The number of likely N-dealkylation sites (tertiary alicyclic amines) is 1. The Balaban J connectivity index is 1.36. The van der Waals surface area contributed by atoms with Crippen LogP contribution in [-0.2, 0) is 9.59 Å². The Morgan fingerprint density at radius 2 is 1.61 bits per heavy atom. The molecule has 0 saturated carbocycles. The van der Waals surface area contributed by atoms with E-state index in [-0.39, 0.29) is 30.2 Å². The van der Waals surface area contributed by atoms with Gasteiger partial charge in [0, 0.05) is 34.7 Å². The number of imide groups is 1. The highest BCUT2D eigenvalue weighted by molar-refractivity contribution is 6.35. The number of anilines is 1. The fraction of sp³-hybridized carbons (Fsp3) is 0.318. The van der Waals surface area contributed by atoms with Crippen LogP contribution in [0.2, 0.25) is 10.0 Å². The number of amides is 3. The third-order valence-corrected chi connectivity index (χ3v) is 6.08. The molecule has 6 nitrogen and oxygen atoms in total. The predicted molar refractivity (Wildman–Crippen MR) is 116 cm³/mol.